The number of rotatable bonds is 6. The van der Waals surface area contributed by atoms with Gasteiger partial charge >= 0.3 is 0 Å². The van der Waals surface area contributed by atoms with E-state index < -0.39 is 0 Å². The molecular weight excluding hydrogens is 316 g/mol. The molecule has 1 unspecified atom stereocenters. The Bertz CT molecular complexity index is 908. The molecule has 0 aliphatic heterocycles. The van der Waals surface area contributed by atoms with E-state index in [1.54, 1.807) is 25.7 Å². The predicted molar refractivity (Wildman–Crippen MR) is 97.8 cm³/mol. The number of fused-ring (bicyclic) bond motifs is 1. The number of benzene rings is 1. The van der Waals surface area contributed by atoms with Crippen LogP contribution in [0.25, 0.3) is 10.9 Å². The lowest BCUT2D eigenvalue weighted by Gasteiger charge is -2.24. The number of nitrogens with zero attached hydrogens (tertiary/aromatic N) is 3. The molecule has 2 aromatic heterocycles. The fourth-order valence-electron chi connectivity index (χ4n) is 2.79. The average Bonchev–Trinajstić information content (AvgIpc) is 2.62. The second-order valence-corrected chi connectivity index (χ2v) is 6.24. The molecule has 1 aromatic carbocycles. The summed E-state index contributed by atoms with van der Waals surface area (Å²) in [5.41, 5.74) is 2.43. The maximum absolute atomic E-state index is 12.4. The Morgan fingerprint density at radius 3 is 2.84 bits per heavy atom. The molecule has 130 valence electrons. The molecule has 0 amide bonds. The van der Waals surface area contributed by atoms with Crippen molar-refractivity contribution in [2.45, 2.75) is 25.9 Å². The van der Waals surface area contributed by atoms with Gasteiger partial charge in [0.05, 0.1) is 12.8 Å². The first kappa shape index (κ1) is 17.1. The summed E-state index contributed by atoms with van der Waals surface area (Å²) in [5, 5.41) is 0.962. The zero-order valence-electron chi connectivity index (χ0n) is 14.7. The zero-order chi connectivity index (χ0) is 17.8. The largest absolute Gasteiger partial charge is 0.497 e. The molecule has 0 fully saturated rings. The SMILES string of the molecule is COc1ccc2[nH]c(=O)c(CN(C)C(C)Cc3cnccn3)cc2c1. The first-order chi connectivity index (χ1) is 12.1. The van der Waals surface area contributed by atoms with Crippen molar-refractivity contribution in [3.8, 4) is 5.75 Å². The van der Waals surface area contributed by atoms with Crippen LogP contribution in [-0.2, 0) is 13.0 Å². The lowest BCUT2D eigenvalue weighted by atomic mass is 10.1. The molecule has 3 rings (SSSR count). The second kappa shape index (κ2) is 7.44. The molecule has 0 bridgehead atoms. The lowest BCUT2D eigenvalue weighted by molar-refractivity contribution is 0.246. The van der Waals surface area contributed by atoms with Gasteiger partial charge in [0.25, 0.3) is 5.56 Å². The van der Waals surface area contributed by atoms with Crippen LogP contribution in [0, 0.1) is 0 Å². The third-order valence-electron chi connectivity index (χ3n) is 4.42. The lowest BCUT2D eigenvalue weighted by Crippen LogP contribution is -2.32. The first-order valence-electron chi connectivity index (χ1n) is 8.22. The minimum absolute atomic E-state index is 0.0591. The monoisotopic (exact) mass is 338 g/mol. The molecule has 0 saturated carbocycles. The Morgan fingerprint density at radius 2 is 2.12 bits per heavy atom. The van der Waals surface area contributed by atoms with Crippen LogP contribution in [0.4, 0.5) is 0 Å². The van der Waals surface area contributed by atoms with E-state index >= 15 is 0 Å². The summed E-state index contributed by atoms with van der Waals surface area (Å²) in [6, 6.07) is 7.80. The van der Waals surface area contributed by atoms with E-state index in [-0.39, 0.29) is 11.6 Å². The normalized spacial score (nSPS) is 12.5. The van der Waals surface area contributed by atoms with Crippen LogP contribution in [0.2, 0.25) is 0 Å². The number of H-pyrrole nitrogens is 1. The molecule has 6 heteroatoms. The molecule has 6 nitrogen and oxygen atoms in total. The smallest absolute Gasteiger partial charge is 0.252 e. The van der Waals surface area contributed by atoms with Gasteiger partial charge in [-0.25, -0.2) is 0 Å². The number of aromatic amines is 1. The third kappa shape index (κ3) is 4.03. The van der Waals surface area contributed by atoms with Crippen molar-refractivity contribution >= 4 is 10.9 Å². The van der Waals surface area contributed by atoms with Gasteiger partial charge in [0.2, 0.25) is 0 Å². The fraction of sp³-hybridized carbons (Fsp3) is 0.316. The summed E-state index contributed by atoms with van der Waals surface area (Å²) < 4.78 is 5.26. The third-order valence-corrected chi connectivity index (χ3v) is 4.42. The quantitative estimate of drug-likeness (QED) is 0.747. The van der Waals surface area contributed by atoms with Gasteiger partial charge < -0.3 is 9.72 Å². The number of hydrogen-bond donors (Lipinski definition) is 1. The van der Waals surface area contributed by atoms with Crippen LogP contribution >= 0.6 is 0 Å². The number of hydrogen-bond acceptors (Lipinski definition) is 5. The van der Waals surface area contributed by atoms with Crippen LogP contribution in [0.3, 0.4) is 0 Å². The number of methoxy groups -OCH3 is 1. The van der Waals surface area contributed by atoms with Gasteiger partial charge in [-0.3, -0.25) is 19.7 Å². The van der Waals surface area contributed by atoms with E-state index in [0.717, 1.165) is 34.3 Å². The van der Waals surface area contributed by atoms with Gasteiger partial charge in [-0.1, -0.05) is 0 Å². The molecule has 3 aromatic rings. The van der Waals surface area contributed by atoms with E-state index in [9.17, 15) is 4.79 Å². The Kier molecular flexibility index (Phi) is 5.09. The van der Waals surface area contributed by atoms with Crippen molar-refractivity contribution in [1.29, 1.82) is 0 Å². The van der Waals surface area contributed by atoms with Crippen molar-refractivity contribution in [3.05, 3.63) is 64.5 Å². The Balaban J connectivity index is 1.79. The number of nitrogens with one attached hydrogen (secondary N) is 1. The summed E-state index contributed by atoms with van der Waals surface area (Å²) in [6.45, 7) is 2.68. The molecule has 0 radical (unpaired) electrons. The molecule has 1 atom stereocenters. The van der Waals surface area contributed by atoms with E-state index in [1.165, 1.54) is 0 Å². The van der Waals surface area contributed by atoms with E-state index in [1.807, 2.05) is 31.3 Å². The summed E-state index contributed by atoms with van der Waals surface area (Å²) in [5.74, 6) is 0.773. The molecule has 0 aliphatic carbocycles. The van der Waals surface area contributed by atoms with E-state index in [0.29, 0.717) is 6.54 Å². The van der Waals surface area contributed by atoms with Crippen molar-refractivity contribution in [1.82, 2.24) is 19.9 Å². The Labute approximate surface area is 146 Å². The van der Waals surface area contributed by atoms with Crippen molar-refractivity contribution in [2.75, 3.05) is 14.2 Å². The van der Waals surface area contributed by atoms with Crippen molar-refractivity contribution in [3.63, 3.8) is 0 Å². The molecular formula is C19H22N4O2. The maximum Gasteiger partial charge on any atom is 0.252 e. The van der Waals surface area contributed by atoms with Gasteiger partial charge in [0, 0.05) is 54.1 Å². The van der Waals surface area contributed by atoms with Crippen LogP contribution in [-0.4, -0.2) is 40.1 Å². The molecule has 25 heavy (non-hydrogen) atoms. The summed E-state index contributed by atoms with van der Waals surface area (Å²) in [6.07, 6.45) is 5.92. The highest BCUT2D eigenvalue weighted by Crippen LogP contribution is 2.19. The first-order valence-corrected chi connectivity index (χ1v) is 8.22. The Morgan fingerprint density at radius 1 is 1.28 bits per heavy atom. The van der Waals surface area contributed by atoms with Crippen LogP contribution in [0.5, 0.6) is 5.75 Å². The number of ether oxygens (including phenoxy) is 1. The van der Waals surface area contributed by atoms with Gasteiger partial charge in [-0.05, 0) is 38.2 Å². The van der Waals surface area contributed by atoms with E-state index in [2.05, 4.69) is 26.8 Å². The van der Waals surface area contributed by atoms with E-state index in [4.69, 9.17) is 4.74 Å². The highest BCUT2D eigenvalue weighted by Gasteiger charge is 2.14. The number of aromatic nitrogens is 3. The van der Waals surface area contributed by atoms with Gasteiger partial charge in [0.15, 0.2) is 0 Å². The topological polar surface area (TPSA) is 71.1 Å². The predicted octanol–water partition coefficient (Wildman–Crippen LogP) is 2.39. The highest BCUT2D eigenvalue weighted by atomic mass is 16.5. The number of likely N-dealkylation sites (N-methyl/N-ethyl adjacent to an activating group) is 1. The highest BCUT2D eigenvalue weighted by molar-refractivity contribution is 5.80. The standard InChI is InChI=1S/C19H22N4O2/c1-13(8-16-11-20-6-7-21-16)23(2)12-15-9-14-10-17(25-3)4-5-18(14)22-19(15)24/h4-7,9-11,13H,8,12H2,1-3H3,(H,22,24). The summed E-state index contributed by atoms with van der Waals surface area (Å²) in [7, 11) is 3.64. The van der Waals surface area contributed by atoms with Crippen molar-refractivity contribution in [2.24, 2.45) is 0 Å². The molecule has 1 N–H and O–H groups in total. The maximum atomic E-state index is 12.4. The zero-order valence-corrected chi connectivity index (χ0v) is 14.7. The fourth-order valence-corrected chi connectivity index (χ4v) is 2.79. The molecule has 2 heterocycles. The van der Waals surface area contributed by atoms with Crippen LogP contribution in [0.1, 0.15) is 18.2 Å². The Hall–Kier alpha value is -2.73. The summed E-state index contributed by atoms with van der Waals surface area (Å²) >= 11 is 0. The average molecular weight is 338 g/mol. The molecule has 0 spiro atoms. The van der Waals surface area contributed by atoms with Crippen LogP contribution in [0.15, 0.2) is 47.7 Å². The van der Waals surface area contributed by atoms with Crippen LogP contribution < -0.4 is 10.3 Å². The van der Waals surface area contributed by atoms with Gasteiger partial charge in [-0.15, -0.1) is 0 Å². The summed E-state index contributed by atoms with van der Waals surface area (Å²) in [4.78, 5) is 25.9. The van der Waals surface area contributed by atoms with Gasteiger partial charge in [0.1, 0.15) is 5.75 Å². The second-order valence-electron chi connectivity index (χ2n) is 6.24. The van der Waals surface area contributed by atoms with Gasteiger partial charge in [-0.2, -0.15) is 0 Å². The minimum Gasteiger partial charge on any atom is -0.497 e. The minimum atomic E-state index is -0.0591. The molecule has 0 saturated heterocycles. The number of pyridine rings is 1. The molecule has 0 aliphatic rings. The van der Waals surface area contributed by atoms with Crippen molar-refractivity contribution < 1.29 is 4.74 Å².